The van der Waals surface area contributed by atoms with E-state index in [1.165, 1.54) is 25.3 Å². The van der Waals surface area contributed by atoms with Crippen LogP contribution in [0.1, 0.15) is 10.4 Å². The Bertz CT molecular complexity index is 792. The molecule has 0 aliphatic rings. The van der Waals surface area contributed by atoms with E-state index in [1.807, 2.05) is 0 Å². The number of carbonyl (C=O) groups excluding carboxylic acids is 1. The van der Waals surface area contributed by atoms with Crippen LogP contribution in [-0.2, 0) is 24.8 Å². The Morgan fingerprint density at radius 3 is 2.35 bits per heavy atom. The number of benzene rings is 1. The van der Waals surface area contributed by atoms with Gasteiger partial charge < -0.3 is 4.74 Å². The fourth-order valence-electron chi connectivity index (χ4n) is 1.75. The second kappa shape index (κ2) is 7.47. The van der Waals surface area contributed by atoms with Gasteiger partial charge in [-0.3, -0.25) is 4.31 Å². The molecule has 0 saturated carbocycles. The van der Waals surface area contributed by atoms with Gasteiger partial charge in [-0.2, -0.15) is 0 Å². The largest absolute Gasteiger partial charge is 0.465 e. The van der Waals surface area contributed by atoms with Gasteiger partial charge in [0.25, 0.3) is 0 Å². The summed E-state index contributed by atoms with van der Waals surface area (Å²) in [5.41, 5.74) is 0.184. The molecule has 1 N–H and O–H groups in total. The highest BCUT2D eigenvalue weighted by Gasteiger charge is 2.22. The van der Waals surface area contributed by atoms with Crippen molar-refractivity contribution < 1.29 is 26.4 Å². The second-order valence-corrected chi connectivity index (χ2v) is 8.81. The standard InChI is InChI=1S/C12H17ClN2O6S2/c1-21-12(16)9-4-5-10(13)11(8-9)15(23(3,19)20)7-6-14-22(2,17)18/h4-5,8,14H,6-7H2,1-3H3. The SMILES string of the molecule is COC(=O)c1ccc(Cl)c(N(CCNS(C)(=O)=O)S(C)(=O)=O)c1. The molecule has 0 aliphatic heterocycles. The zero-order valence-corrected chi connectivity index (χ0v) is 15.1. The van der Waals surface area contributed by atoms with Gasteiger partial charge in [-0.05, 0) is 18.2 Å². The van der Waals surface area contributed by atoms with Crippen LogP contribution in [0.2, 0.25) is 5.02 Å². The molecule has 0 fully saturated rings. The molecular weight excluding hydrogens is 368 g/mol. The van der Waals surface area contributed by atoms with E-state index < -0.39 is 26.0 Å². The predicted octanol–water partition coefficient (Wildman–Crippen LogP) is 0.442. The highest BCUT2D eigenvalue weighted by atomic mass is 35.5. The first-order valence-electron chi connectivity index (χ1n) is 6.26. The first kappa shape index (κ1) is 19.7. The summed E-state index contributed by atoms with van der Waals surface area (Å²) >= 11 is 6.02. The van der Waals surface area contributed by atoms with E-state index in [-0.39, 0.29) is 29.4 Å². The Hall–Kier alpha value is -1.36. The van der Waals surface area contributed by atoms with Crippen molar-refractivity contribution in [2.45, 2.75) is 0 Å². The molecule has 0 saturated heterocycles. The monoisotopic (exact) mass is 384 g/mol. The van der Waals surface area contributed by atoms with Crippen molar-refractivity contribution in [3.8, 4) is 0 Å². The Kier molecular flexibility index (Phi) is 6.40. The molecule has 1 aromatic carbocycles. The number of methoxy groups -OCH3 is 1. The topological polar surface area (TPSA) is 110 Å². The minimum atomic E-state index is -3.75. The van der Waals surface area contributed by atoms with Gasteiger partial charge in [0.1, 0.15) is 0 Å². The molecule has 0 aromatic heterocycles. The minimum absolute atomic E-state index is 0.0624. The average Bonchev–Trinajstić information content (AvgIpc) is 2.41. The maximum Gasteiger partial charge on any atom is 0.337 e. The third-order valence-electron chi connectivity index (χ3n) is 2.72. The van der Waals surface area contributed by atoms with E-state index >= 15 is 0 Å². The number of halogens is 1. The fraction of sp³-hybridized carbons (Fsp3) is 0.417. The van der Waals surface area contributed by atoms with Crippen LogP contribution in [0.25, 0.3) is 0 Å². The molecule has 130 valence electrons. The van der Waals surface area contributed by atoms with Gasteiger partial charge in [0.2, 0.25) is 20.0 Å². The summed E-state index contributed by atoms with van der Waals surface area (Å²) in [4.78, 5) is 11.6. The Balaban J connectivity index is 3.20. The number of hydrogen-bond acceptors (Lipinski definition) is 6. The number of hydrogen-bond donors (Lipinski definition) is 1. The number of anilines is 1. The molecule has 0 amide bonds. The maximum atomic E-state index is 12.0. The normalized spacial score (nSPS) is 12.0. The van der Waals surface area contributed by atoms with Gasteiger partial charge in [-0.1, -0.05) is 11.6 Å². The highest BCUT2D eigenvalue weighted by molar-refractivity contribution is 7.92. The molecular formula is C12H17ClN2O6S2. The van der Waals surface area contributed by atoms with Crippen molar-refractivity contribution in [1.29, 1.82) is 0 Å². The van der Waals surface area contributed by atoms with Crippen LogP contribution in [0.5, 0.6) is 0 Å². The first-order valence-corrected chi connectivity index (χ1v) is 10.4. The van der Waals surface area contributed by atoms with Crippen molar-refractivity contribution in [3.63, 3.8) is 0 Å². The van der Waals surface area contributed by atoms with E-state index in [1.54, 1.807) is 0 Å². The Morgan fingerprint density at radius 1 is 1.26 bits per heavy atom. The molecule has 0 unspecified atom stereocenters. The Morgan fingerprint density at radius 2 is 1.87 bits per heavy atom. The van der Waals surface area contributed by atoms with Crippen molar-refractivity contribution in [1.82, 2.24) is 4.72 Å². The molecule has 0 heterocycles. The van der Waals surface area contributed by atoms with Crippen molar-refractivity contribution in [2.24, 2.45) is 0 Å². The van der Waals surface area contributed by atoms with Crippen LogP contribution < -0.4 is 9.03 Å². The number of sulfonamides is 2. The van der Waals surface area contributed by atoms with E-state index in [0.29, 0.717) is 0 Å². The summed E-state index contributed by atoms with van der Waals surface area (Å²) in [6.07, 6.45) is 1.91. The van der Waals surface area contributed by atoms with E-state index in [9.17, 15) is 21.6 Å². The fourth-order valence-corrected chi connectivity index (χ4v) is 3.41. The van der Waals surface area contributed by atoms with Gasteiger partial charge in [0.05, 0.1) is 35.9 Å². The molecule has 1 aromatic rings. The lowest BCUT2D eigenvalue weighted by molar-refractivity contribution is 0.0600. The van der Waals surface area contributed by atoms with Crippen LogP contribution in [0.15, 0.2) is 18.2 Å². The third-order valence-corrected chi connectivity index (χ3v) is 4.94. The number of ether oxygens (including phenoxy) is 1. The summed E-state index contributed by atoms with van der Waals surface area (Å²) in [6.45, 7) is -0.332. The lowest BCUT2D eigenvalue weighted by Gasteiger charge is -2.23. The highest BCUT2D eigenvalue weighted by Crippen LogP contribution is 2.29. The van der Waals surface area contributed by atoms with Crippen LogP contribution >= 0.6 is 11.6 Å². The smallest absolute Gasteiger partial charge is 0.337 e. The number of esters is 1. The predicted molar refractivity (Wildman–Crippen MR) is 87.8 cm³/mol. The molecule has 8 nitrogen and oxygen atoms in total. The first-order chi connectivity index (χ1) is 10.5. The summed E-state index contributed by atoms with van der Waals surface area (Å²) in [7, 11) is -6.01. The van der Waals surface area contributed by atoms with Crippen LogP contribution in [0.4, 0.5) is 5.69 Å². The van der Waals surface area contributed by atoms with Crippen LogP contribution in [0.3, 0.4) is 0 Å². The number of nitrogens with zero attached hydrogens (tertiary/aromatic N) is 1. The maximum absolute atomic E-state index is 12.0. The minimum Gasteiger partial charge on any atom is -0.465 e. The summed E-state index contributed by atoms with van der Waals surface area (Å²) < 4.78 is 53.8. The van der Waals surface area contributed by atoms with E-state index in [4.69, 9.17) is 11.6 Å². The third kappa shape index (κ3) is 5.98. The molecule has 1 rings (SSSR count). The zero-order chi connectivity index (χ0) is 17.8. The van der Waals surface area contributed by atoms with Crippen molar-refractivity contribution in [3.05, 3.63) is 28.8 Å². The van der Waals surface area contributed by atoms with Gasteiger partial charge in [-0.15, -0.1) is 0 Å². The lowest BCUT2D eigenvalue weighted by atomic mass is 10.2. The van der Waals surface area contributed by atoms with Gasteiger partial charge >= 0.3 is 5.97 Å². The Labute approximate surface area is 140 Å². The van der Waals surface area contributed by atoms with Gasteiger partial charge in [-0.25, -0.2) is 26.4 Å². The van der Waals surface area contributed by atoms with Crippen LogP contribution in [-0.4, -0.2) is 55.5 Å². The molecule has 11 heteroatoms. The van der Waals surface area contributed by atoms with Crippen molar-refractivity contribution >= 4 is 43.3 Å². The molecule has 0 radical (unpaired) electrons. The molecule has 0 aliphatic carbocycles. The summed E-state index contributed by atoms with van der Waals surface area (Å²) in [5, 5.41) is 0.0995. The lowest BCUT2D eigenvalue weighted by Crippen LogP contribution is -2.38. The molecule has 23 heavy (non-hydrogen) atoms. The molecule has 0 spiro atoms. The summed E-state index contributed by atoms with van der Waals surface area (Å²) in [6, 6.07) is 4.04. The quantitative estimate of drug-likeness (QED) is 0.683. The number of nitrogens with one attached hydrogen (secondary N) is 1. The molecule has 0 bridgehead atoms. The van der Waals surface area contributed by atoms with Gasteiger partial charge in [0, 0.05) is 13.1 Å². The zero-order valence-electron chi connectivity index (χ0n) is 12.7. The van der Waals surface area contributed by atoms with Crippen LogP contribution in [0, 0.1) is 0 Å². The number of carbonyl (C=O) groups is 1. The van der Waals surface area contributed by atoms with Gasteiger partial charge in [0.15, 0.2) is 0 Å². The average molecular weight is 385 g/mol. The number of rotatable bonds is 7. The van der Waals surface area contributed by atoms with Crippen molar-refractivity contribution in [2.75, 3.05) is 37.0 Å². The molecule has 0 atom stereocenters. The summed E-state index contributed by atoms with van der Waals surface area (Å²) in [5.74, 6) is -0.648. The van der Waals surface area contributed by atoms with E-state index in [0.717, 1.165) is 16.8 Å². The van der Waals surface area contributed by atoms with E-state index in [2.05, 4.69) is 9.46 Å². The second-order valence-electron chi connectivity index (χ2n) is 4.66.